The SMILES string of the molecule is Cn1ncc(Cl)c1-c1cc(C(=O)N[C@@H]2CN[C@H](CCCO)C[C@H]2c2ccc(Cl)c(Cl)c2)oc1Cl. The summed E-state index contributed by atoms with van der Waals surface area (Å²) in [4.78, 5) is 13.1. The zero-order valence-electron chi connectivity index (χ0n) is 18.3. The number of benzene rings is 1. The lowest BCUT2D eigenvalue weighted by Crippen LogP contribution is -2.53. The van der Waals surface area contributed by atoms with Crippen LogP contribution in [0.15, 0.2) is 34.9 Å². The Balaban J connectivity index is 1.56. The molecule has 0 radical (unpaired) electrons. The Hall–Kier alpha value is -1.74. The minimum atomic E-state index is -0.392. The van der Waals surface area contributed by atoms with Crippen molar-refractivity contribution in [3.8, 4) is 11.3 Å². The Morgan fingerprint density at radius 1 is 1.24 bits per heavy atom. The molecule has 0 spiro atoms. The minimum Gasteiger partial charge on any atom is -0.439 e. The molecule has 3 heterocycles. The van der Waals surface area contributed by atoms with Gasteiger partial charge in [-0.1, -0.05) is 40.9 Å². The van der Waals surface area contributed by atoms with Crippen LogP contribution in [0.5, 0.6) is 0 Å². The average Bonchev–Trinajstić information content (AvgIpc) is 3.35. The van der Waals surface area contributed by atoms with Crippen LogP contribution in [-0.4, -0.2) is 46.0 Å². The van der Waals surface area contributed by atoms with Gasteiger partial charge in [0.15, 0.2) is 5.76 Å². The topological polar surface area (TPSA) is 92.3 Å². The summed E-state index contributed by atoms with van der Waals surface area (Å²) in [6, 6.07) is 7.07. The van der Waals surface area contributed by atoms with Gasteiger partial charge in [-0.25, -0.2) is 0 Å². The minimum absolute atomic E-state index is 0.0138. The van der Waals surface area contributed by atoms with Crippen molar-refractivity contribution in [1.82, 2.24) is 20.4 Å². The van der Waals surface area contributed by atoms with Crippen molar-refractivity contribution in [3.05, 3.63) is 62.1 Å². The Labute approximate surface area is 217 Å². The summed E-state index contributed by atoms with van der Waals surface area (Å²) in [5, 5.41) is 21.3. The Morgan fingerprint density at radius 3 is 2.71 bits per heavy atom. The number of halogens is 4. The molecular formula is C23H24Cl4N4O3. The van der Waals surface area contributed by atoms with Crippen LogP contribution in [0.1, 0.15) is 41.3 Å². The van der Waals surface area contributed by atoms with Crippen molar-refractivity contribution in [1.29, 1.82) is 0 Å². The highest BCUT2D eigenvalue weighted by Gasteiger charge is 2.33. The lowest BCUT2D eigenvalue weighted by atomic mass is 9.81. The molecule has 2 aromatic heterocycles. The third-order valence-corrected chi connectivity index (χ3v) is 7.41. The van der Waals surface area contributed by atoms with Crippen LogP contribution in [0.4, 0.5) is 0 Å². The van der Waals surface area contributed by atoms with Gasteiger partial charge in [-0.3, -0.25) is 9.48 Å². The number of carbonyl (C=O) groups is 1. The Morgan fingerprint density at radius 2 is 2.03 bits per heavy atom. The van der Waals surface area contributed by atoms with Crippen molar-refractivity contribution >= 4 is 52.3 Å². The fraction of sp³-hybridized carbons (Fsp3) is 0.391. The van der Waals surface area contributed by atoms with E-state index in [1.54, 1.807) is 23.9 Å². The predicted molar refractivity (Wildman–Crippen MR) is 134 cm³/mol. The molecule has 3 atom stereocenters. The maximum absolute atomic E-state index is 13.1. The second kappa shape index (κ2) is 10.9. The second-order valence-corrected chi connectivity index (χ2v) is 9.89. The fourth-order valence-corrected chi connectivity index (χ4v) is 5.21. The highest BCUT2D eigenvalue weighted by molar-refractivity contribution is 6.42. The first-order valence-corrected chi connectivity index (χ1v) is 12.4. The highest BCUT2D eigenvalue weighted by Crippen LogP contribution is 2.36. The largest absolute Gasteiger partial charge is 0.439 e. The number of piperidine rings is 1. The first-order valence-electron chi connectivity index (χ1n) is 10.9. The summed E-state index contributed by atoms with van der Waals surface area (Å²) >= 11 is 24.9. The Kier molecular flexibility index (Phi) is 8.12. The molecule has 4 rings (SSSR count). The first-order chi connectivity index (χ1) is 16.3. The van der Waals surface area contributed by atoms with E-state index >= 15 is 0 Å². The number of furan rings is 1. The predicted octanol–water partition coefficient (Wildman–Crippen LogP) is 5.31. The monoisotopic (exact) mass is 544 g/mol. The van der Waals surface area contributed by atoms with Crippen molar-refractivity contribution in [2.75, 3.05) is 13.2 Å². The third-order valence-electron chi connectivity index (χ3n) is 6.11. The number of aliphatic hydroxyl groups is 1. The molecule has 7 nitrogen and oxygen atoms in total. The van der Waals surface area contributed by atoms with Crippen molar-refractivity contribution in [2.24, 2.45) is 7.05 Å². The molecule has 1 aliphatic rings. The summed E-state index contributed by atoms with van der Waals surface area (Å²) in [6.07, 6.45) is 3.80. The van der Waals surface area contributed by atoms with Crippen LogP contribution in [0, 0.1) is 0 Å². The molecule has 0 unspecified atom stereocenters. The lowest BCUT2D eigenvalue weighted by molar-refractivity contribution is 0.0890. The summed E-state index contributed by atoms with van der Waals surface area (Å²) in [5.74, 6) is -0.329. The molecule has 1 aliphatic heterocycles. The van der Waals surface area contributed by atoms with Gasteiger partial charge in [0.1, 0.15) is 0 Å². The van der Waals surface area contributed by atoms with Crippen LogP contribution in [0.2, 0.25) is 20.3 Å². The van der Waals surface area contributed by atoms with Crippen LogP contribution in [0.3, 0.4) is 0 Å². The van der Waals surface area contributed by atoms with Gasteiger partial charge in [0.25, 0.3) is 5.91 Å². The number of nitrogens with one attached hydrogen (secondary N) is 2. The summed E-state index contributed by atoms with van der Waals surface area (Å²) < 4.78 is 7.14. The van der Waals surface area contributed by atoms with E-state index in [2.05, 4.69) is 15.7 Å². The van der Waals surface area contributed by atoms with Crippen LogP contribution < -0.4 is 10.6 Å². The molecule has 1 fully saturated rings. The van der Waals surface area contributed by atoms with Crippen LogP contribution in [-0.2, 0) is 7.05 Å². The molecule has 11 heteroatoms. The number of nitrogens with zero attached hydrogens (tertiary/aromatic N) is 2. The van der Waals surface area contributed by atoms with Crippen molar-refractivity contribution < 1.29 is 14.3 Å². The average molecular weight is 546 g/mol. The van der Waals surface area contributed by atoms with Crippen molar-refractivity contribution in [3.63, 3.8) is 0 Å². The molecule has 3 aromatic rings. The third kappa shape index (κ3) is 5.40. The van der Waals surface area contributed by atoms with Gasteiger partial charge in [-0.05, 0) is 48.6 Å². The summed E-state index contributed by atoms with van der Waals surface area (Å²) in [5.41, 5.74) is 2.04. The molecule has 0 bridgehead atoms. The molecule has 0 saturated carbocycles. The van der Waals surface area contributed by atoms with E-state index in [-0.39, 0.29) is 35.6 Å². The van der Waals surface area contributed by atoms with E-state index < -0.39 is 5.91 Å². The zero-order valence-corrected chi connectivity index (χ0v) is 21.3. The fourth-order valence-electron chi connectivity index (χ4n) is 4.41. The number of hydrogen-bond acceptors (Lipinski definition) is 5. The van der Waals surface area contributed by atoms with Gasteiger partial charge in [0.05, 0.1) is 32.5 Å². The lowest BCUT2D eigenvalue weighted by Gasteiger charge is -2.38. The standard InChI is InChI=1S/C23H24Cl4N4O3/c1-31-21(18(26)10-29-31)15-9-20(34-22(15)27)23(33)30-19-11-28-13(3-2-6-32)8-14(19)12-4-5-16(24)17(25)7-12/h4-5,7,9-10,13-14,19,28,32H,2-3,6,8,11H2,1H3,(H,30,33)/t13-,14+,19-/m1/s1. The quantitative estimate of drug-likeness (QED) is 0.374. The van der Waals surface area contributed by atoms with E-state index in [1.807, 2.05) is 12.1 Å². The smallest absolute Gasteiger partial charge is 0.287 e. The van der Waals surface area contributed by atoms with Crippen LogP contribution in [0.25, 0.3) is 11.3 Å². The van der Waals surface area contributed by atoms with E-state index in [9.17, 15) is 9.90 Å². The number of rotatable bonds is 7. The van der Waals surface area contributed by atoms with E-state index in [0.717, 1.165) is 18.4 Å². The second-order valence-electron chi connectivity index (χ2n) is 8.33. The normalized spacial score (nSPS) is 20.5. The summed E-state index contributed by atoms with van der Waals surface area (Å²) in [7, 11) is 1.73. The zero-order chi connectivity index (χ0) is 24.4. The molecule has 182 valence electrons. The number of aryl methyl sites for hydroxylation is 1. The maximum atomic E-state index is 13.1. The number of amides is 1. The highest BCUT2D eigenvalue weighted by atomic mass is 35.5. The van der Waals surface area contributed by atoms with Gasteiger partial charge in [-0.2, -0.15) is 5.10 Å². The van der Waals surface area contributed by atoms with Gasteiger partial charge in [-0.15, -0.1) is 0 Å². The first kappa shape index (κ1) is 25.4. The van der Waals surface area contributed by atoms with E-state index in [0.29, 0.717) is 39.3 Å². The van der Waals surface area contributed by atoms with Crippen molar-refractivity contribution in [2.45, 2.75) is 37.3 Å². The number of aromatic nitrogens is 2. The number of hydrogen-bond donors (Lipinski definition) is 3. The maximum Gasteiger partial charge on any atom is 0.287 e. The van der Waals surface area contributed by atoms with Gasteiger partial charge >= 0.3 is 0 Å². The van der Waals surface area contributed by atoms with Gasteiger partial charge in [0.2, 0.25) is 5.22 Å². The summed E-state index contributed by atoms with van der Waals surface area (Å²) in [6.45, 7) is 0.680. The van der Waals surface area contributed by atoms with Gasteiger partial charge in [0, 0.05) is 44.3 Å². The number of aliphatic hydroxyl groups excluding tert-OH is 1. The number of carbonyl (C=O) groups excluding carboxylic acids is 1. The molecule has 1 aromatic carbocycles. The molecule has 1 saturated heterocycles. The molecule has 3 N–H and O–H groups in total. The van der Waals surface area contributed by atoms with E-state index in [4.69, 9.17) is 50.8 Å². The molecule has 34 heavy (non-hydrogen) atoms. The molecule has 1 amide bonds. The van der Waals surface area contributed by atoms with Gasteiger partial charge < -0.3 is 20.2 Å². The molecular weight excluding hydrogens is 522 g/mol. The van der Waals surface area contributed by atoms with Crippen LogP contribution >= 0.6 is 46.4 Å². The van der Waals surface area contributed by atoms with E-state index in [1.165, 1.54) is 6.20 Å². The molecule has 0 aliphatic carbocycles. The Bertz CT molecular complexity index is 1160.